The minimum absolute atomic E-state index is 0.230. The number of carbonyl (C=O) groups excluding carboxylic acids is 1. The van der Waals surface area contributed by atoms with Crippen LogP contribution in [-0.4, -0.2) is 40.3 Å². The first-order chi connectivity index (χ1) is 19.9. The van der Waals surface area contributed by atoms with Gasteiger partial charge in [0.15, 0.2) is 0 Å². The molecule has 6 heteroatoms. The highest BCUT2D eigenvalue weighted by atomic mass is 16.6. The second kappa shape index (κ2) is 11.4. The maximum atomic E-state index is 13.8. The van der Waals surface area contributed by atoms with E-state index in [0.29, 0.717) is 22.4 Å². The monoisotopic (exact) mass is 563 g/mol. The van der Waals surface area contributed by atoms with E-state index in [0.717, 1.165) is 33.0 Å². The van der Waals surface area contributed by atoms with Gasteiger partial charge in [0.05, 0.1) is 18.2 Å². The Kier molecular flexibility index (Phi) is 7.83. The van der Waals surface area contributed by atoms with E-state index in [2.05, 4.69) is 18.2 Å². The van der Waals surface area contributed by atoms with E-state index in [9.17, 15) is 14.7 Å². The van der Waals surface area contributed by atoms with E-state index in [1.54, 1.807) is 4.90 Å². The van der Waals surface area contributed by atoms with Gasteiger partial charge in [0, 0.05) is 5.56 Å². The van der Waals surface area contributed by atoms with Gasteiger partial charge in [-0.05, 0) is 92.3 Å². The molecule has 0 saturated heterocycles. The van der Waals surface area contributed by atoms with Crippen molar-refractivity contribution >= 4 is 28.4 Å². The van der Waals surface area contributed by atoms with Gasteiger partial charge in [0.2, 0.25) is 0 Å². The molecule has 1 heterocycles. The van der Waals surface area contributed by atoms with Gasteiger partial charge in [0.1, 0.15) is 17.5 Å². The highest BCUT2D eigenvalue weighted by Gasteiger charge is 2.32. The van der Waals surface area contributed by atoms with E-state index in [4.69, 9.17) is 9.47 Å². The molecule has 0 aromatic heterocycles. The smallest absolute Gasteiger partial charge is 0.410 e. The predicted molar refractivity (Wildman–Crippen MR) is 166 cm³/mol. The number of rotatable bonds is 6. The Morgan fingerprint density at radius 3 is 2.36 bits per heavy atom. The van der Waals surface area contributed by atoms with Gasteiger partial charge in [-0.15, -0.1) is 0 Å². The Hall–Kier alpha value is -4.58. The standard InChI is InChI=1S/C36H37NO5/c1-22-18-19-27(23(2)33(22)34(38)39)31-20-26(41-32-17-10-9-15-30(31)32)21-37(35(40)42-36(4,5)6)24(3)28-16-11-13-25-12-7-8-14-29(25)28/h7-20,24,26H,21H2,1-6H3,(H,38,39)/t24?,26-/m1/s1. The SMILES string of the molecule is Cc1ccc(C2=C[C@H](CN(C(=O)OC(C)(C)C)C(C)c3cccc4ccccc34)Oc3ccccc32)c(C)c1C(=O)O. The van der Waals surface area contributed by atoms with Crippen LogP contribution in [0.5, 0.6) is 5.75 Å². The van der Waals surface area contributed by atoms with Crippen LogP contribution < -0.4 is 4.74 Å². The summed E-state index contributed by atoms with van der Waals surface area (Å²) >= 11 is 0. The summed E-state index contributed by atoms with van der Waals surface area (Å²) in [6, 6.07) is 25.5. The maximum Gasteiger partial charge on any atom is 0.410 e. The molecule has 1 amide bonds. The van der Waals surface area contributed by atoms with Gasteiger partial charge in [-0.3, -0.25) is 4.90 Å². The van der Waals surface area contributed by atoms with Crippen molar-refractivity contribution < 1.29 is 24.2 Å². The molecule has 0 radical (unpaired) electrons. The third-order valence-corrected chi connectivity index (χ3v) is 7.73. The summed E-state index contributed by atoms with van der Waals surface area (Å²) in [6.07, 6.45) is 1.06. The largest absolute Gasteiger partial charge is 0.484 e. The Morgan fingerprint density at radius 2 is 1.62 bits per heavy atom. The Morgan fingerprint density at radius 1 is 0.929 bits per heavy atom. The van der Waals surface area contributed by atoms with Crippen LogP contribution in [0.1, 0.15) is 71.9 Å². The third-order valence-electron chi connectivity index (χ3n) is 7.73. The molecule has 0 bridgehead atoms. The van der Waals surface area contributed by atoms with Gasteiger partial charge in [-0.2, -0.15) is 0 Å². The van der Waals surface area contributed by atoms with Gasteiger partial charge in [0.25, 0.3) is 0 Å². The first-order valence-electron chi connectivity index (χ1n) is 14.2. The molecule has 6 nitrogen and oxygen atoms in total. The first kappa shape index (κ1) is 28.9. The first-order valence-corrected chi connectivity index (χ1v) is 14.2. The van der Waals surface area contributed by atoms with Gasteiger partial charge >= 0.3 is 12.1 Å². The number of hydrogen-bond donors (Lipinski definition) is 1. The fourth-order valence-electron chi connectivity index (χ4n) is 5.75. The second-order valence-corrected chi connectivity index (χ2v) is 11.8. The molecule has 1 unspecified atom stereocenters. The van der Waals surface area contributed by atoms with Crippen molar-refractivity contribution in [3.8, 4) is 5.75 Å². The highest BCUT2D eigenvalue weighted by molar-refractivity contribution is 5.95. The lowest BCUT2D eigenvalue weighted by molar-refractivity contribution is 0.0110. The zero-order valence-electron chi connectivity index (χ0n) is 25.0. The van der Waals surface area contributed by atoms with Crippen LogP contribution in [0.15, 0.2) is 84.9 Å². The number of carbonyl (C=O) groups is 2. The van der Waals surface area contributed by atoms with Gasteiger partial charge < -0.3 is 14.6 Å². The average molecular weight is 564 g/mol. The molecule has 0 aliphatic carbocycles. The molecule has 4 aromatic rings. The Labute approximate surface area is 247 Å². The summed E-state index contributed by atoms with van der Waals surface area (Å²) < 4.78 is 12.4. The van der Waals surface area contributed by atoms with Crippen LogP contribution in [0.4, 0.5) is 4.79 Å². The fraction of sp³-hybridized carbons (Fsp3) is 0.278. The van der Waals surface area contributed by atoms with E-state index in [1.165, 1.54) is 0 Å². The van der Waals surface area contributed by atoms with Crippen molar-refractivity contribution in [3.63, 3.8) is 0 Å². The van der Waals surface area contributed by atoms with Gasteiger partial charge in [-0.1, -0.05) is 72.8 Å². The van der Waals surface area contributed by atoms with E-state index < -0.39 is 23.8 Å². The number of fused-ring (bicyclic) bond motifs is 2. The average Bonchev–Trinajstić information content (AvgIpc) is 2.94. The van der Waals surface area contributed by atoms with Crippen LogP contribution in [0, 0.1) is 13.8 Å². The molecule has 0 saturated carbocycles. The number of aryl methyl sites for hydroxylation is 1. The molecule has 42 heavy (non-hydrogen) atoms. The molecule has 0 fully saturated rings. The minimum Gasteiger partial charge on any atom is -0.484 e. The number of carboxylic acids is 1. The number of carboxylic acid groups (broad SMARTS) is 1. The summed E-state index contributed by atoms with van der Waals surface area (Å²) in [5.41, 5.74) is 4.62. The predicted octanol–water partition coefficient (Wildman–Crippen LogP) is 8.35. The highest BCUT2D eigenvalue weighted by Crippen LogP contribution is 2.39. The molecule has 5 rings (SSSR count). The van der Waals surface area contributed by atoms with Crippen LogP contribution >= 0.6 is 0 Å². The number of amides is 1. The summed E-state index contributed by atoms with van der Waals surface area (Å²) in [6.45, 7) is 11.5. The summed E-state index contributed by atoms with van der Waals surface area (Å²) in [5.74, 6) is -0.275. The quantitative estimate of drug-likeness (QED) is 0.255. The van der Waals surface area contributed by atoms with Crippen LogP contribution in [0.2, 0.25) is 0 Å². The molecule has 1 N–H and O–H groups in total. The minimum atomic E-state index is -0.954. The Balaban J connectivity index is 1.59. The summed E-state index contributed by atoms with van der Waals surface area (Å²) in [7, 11) is 0. The number of aromatic carboxylic acids is 1. The maximum absolute atomic E-state index is 13.8. The third kappa shape index (κ3) is 5.75. The van der Waals surface area contributed by atoms with Crippen molar-refractivity contribution in [3.05, 3.63) is 118 Å². The molecule has 1 aliphatic rings. The zero-order valence-corrected chi connectivity index (χ0v) is 25.0. The van der Waals surface area contributed by atoms with E-state index in [-0.39, 0.29) is 12.6 Å². The number of para-hydroxylation sites is 1. The fourth-order valence-corrected chi connectivity index (χ4v) is 5.75. The van der Waals surface area contributed by atoms with Crippen LogP contribution in [-0.2, 0) is 4.74 Å². The van der Waals surface area contributed by atoms with Crippen molar-refractivity contribution in [2.24, 2.45) is 0 Å². The number of benzene rings is 4. The Bertz CT molecular complexity index is 1690. The normalized spacial score (nSPS) is 15.3. The van der Waals surface area contributed by atoms with E-state index in [1.807, 2.05) is 108 Å². The topological polar surface area (TPSA) is 76.1 Å². The zero-order chi connectivity index (χ0) is 30.2. The van der Waals surface area contributed by atoms with Crippen molar-refractivity contribution in [1.29, 1.82) is 0 Å². The molecule has 2 atom stereocenters. The van der Waals surface area contributed by atoms with Crippen LogP contribution in [0.3, 0.4) is 0 Å². The lowest BCUT2D eigenvalue weighted by Crippen LogP contribution is -2.44. The molecule has 0 spiro atoms. The lowest BCUT2D eigenvalue weighted by atomic mass is 9.87. The molecular weight excluding hydrogens is 526 g/mol. The number of hydrogen-bond acceptors (Lipinski definition) is 4. The van der Waals surface area contributed by atoms with Crippen molar-refractivity contribution in [2.75, 3.05) is 6.54 Å². The number of nitrogens with zero attached hydrogens (tertiary/aromatic N) is 1. The molecule has 1 aliphatic heterocycles. The summed E-state index contributed by atoms with van der Waals surface area (Å²) in [4.78, 5) is 27.6. The molecule has 216 valence electrons. The summed E-state index contributed by atoms with van der Waals surface area (Å²) in [5, 5.41) is 12.1. The number of ether oxygens (including phenoxy) is 2. The lowest BCUT2D eigenvalue weighted by Gasteiger charge is -2.36. The van der Waals surface area contributed by atoms with Gasteiger partial charge in [-0.25, -0.2) is 9.59 Å². The second-order valence-electron chi connectivity index (χ2n) is 11.8. The molecular formula is C36H37NO5. The van der Waals surface area contributed by atoms with Crippen molar-refractivity contribution in [2.45, 2.75) is 59.3 Å². The van der Waals surface area contributed by atoms with Crippen LogP contribution in [0.25, 0.3) is 16.3 Å². The van der Waals surface area contributed by atoms with E-state index >= 15 is 0 Å². The van der Waals surface area contributed by atoms with Crippen molar-refractivity contribution in [1.82, 2.24) is 4.90 Å². The molecule has 4 aromatic carbocycles.